The van der Waals surface area contributed by atoms with Crippen LogP contribution in [0, 0.1) is 0 Å². The van der Waals surface area contributed by atoms with Crippen LogP contribution in [-0.4, -0.2) is 77.1 Å². The molecule has 1 atom stereocenters. The smallest absolute Gasteiger partial charge is 0.326 e. The van der Waals surface area contributed by atoms with E-state index in [9.17, 15) is 14.7 Å². The van der Waals surface area contributed by atoms with Crippen LogP contribution in [0.25, 0.3) is 0 Å². The first kappa shape index (κ1) is 15.7. The van der Waals surface area contributed by atoms with Gasteiger partial charge in [-0.25, -0.2) is 9.78 Å². The van der Waals surface area contributed by atoms with Crippen LogP contribution in [0.15, 0.2) is 24.4 Å². The van der Waals surface area contributed by atoms with E-state index >= 15 is 0 Å². The van der Waals surface area contributed by atoms with Crippen molar-refractivity contribution in [2.75, 3.05) is 44.2 Å². The molecule has 0 aliphatic carbocycles. The molecule has 7 nitrogen and oxygen atoms in total. The number of aromatic nitrogens is 1. The third kappa shape index (κ3) is 3.61. The van der Waals surface area contributed by atoms with E-state index in [1.807, 2.05) is 18.2 Å². The van der Waals surface area contributed by atoms with E-state index in [0.717, 1.165) is 38.4 Å². The molecule has 23 heavy (non-hydrogen) atoms. The number of anilines is 1. The van der Waals surface area contributed by atoms with Gasteiger partial charge in [-0.15, -0.1) is 0 Å². The highest BCUT2D eigenvalue weighted by atomic mass is 16.4. The quantitative estimate of drug-likeness (QED) is 0.859. The molecule has 0 unspecified atom stereocenters. The maximum Gasteiger partial charge on any atom is 0.326 e. The Bertz CT molecular complexity index is 558. The summed E-state index contributed by atoms with van der Waals surface area (Å²) in [7, 11) is 0. The minimum absolute atomic E-state index is 0.0683. The van der Waals surface area contributed by atoms with Crippen LogP contribution >= 0.6 is 0 Å². The molecule has 1 aromatic rings. The molecular weight excluding hydrogens is 296 g/mol. The Morgan fingerprint density at radius 2 is 1.96 bits per heavy atom. The number of carboxylic acid groups (broad SMARTS) is 1. The normalized spacial score (nSPS) is 22.3. The van der Waals surface area contributed by atoms with Gasteiger partial charge in [-0.3, -0.25) is 9.69 Å². The lowest BCUT2D eigenvalue weighted by Gasteiger charge is -2.36. The summed E-state index contributed by atoms with van der Waals surface area (Å²) >= 11 is 0. The second-order valence-corrected chi connectivity index (χ2v) is 6.03. The molecule has 2 aliphatic heterocycles. The van der Waals surface area contributed by atoms with Gasteiger partial charge >= 0.3 is 5.97 Å². The molecule has 2 aliphatic rings. The average molecular weight is 318 g/mol. The zero-order valence-corrected chi connectivity index (χ0v) is 13.1. The molecular formula is C16H22N4O3. The fourth-order valence-corrected chi connectivity index (χ4v) is 3.28. The first-order valence-corrected chi connectivity index (χ1v) is 8.06. The zero-order valence-electron chi connectivity index (χ0n) is 13.1. The first-order chi connectivity index (χ1) is 11.1. The van der Waals surface area contributed by atoms with Gasteiger partial charge in [0.25, 0.3) is 0 Å². The van der Waals surface area contributed by atoms with Crippen molar-refractivity contribution in [1.29, 1.82) is 0 Å². The highest BCUT2D eigenvalue weighted by Crippen LogP contribution is 2.18. The van der Waals surface area contributed by atoms with Gasteiger partial charge in [0.1, 0.15) is 11.9 Å². The standard InChI is InChI=1S/C16H22N4O3/c21-15(20-7-3-4-13(20)16(22)23)12-18-8-10-19(11-9-18)14-5-1-2-6-17-14/h1-2,5-6,13H,3-4,7-12H2,(H,22,23)/t13-/m1/s1. The summed E-state index contributed by atoms with van der Waals surface area (Å²) in [5, 5.41) is 9.18. The minimum atomic E-state index is -0.893. The van der Waals surface area contributed by atoms with Crippen LogP contribution in [-0.2, 0) is 9.59 Å². The lowest BCUT2D eigenvalue weighted by Crippen LogP contribution is -2.51. The molecule has 2 saturated heterocycles. The number of rotatable bonds is 4. The molecule has 0 aromatic carbocycles. The third-order valence-electron chi connectivity index (χ3n) is 4.56. The molecule has 0 saturated carbocycles. The summed E-state index contributed by atoms with van der Waals surface area (Å²) < 4.78 is 0. The fourth-order valence-electron chi connectivity index (χ4n) is 3.28. The molecule has 0 bridgehead atoms. The molecule has 0 radical (unpaired) electrons. The van der Waals surface area contributed by atoms with Crippen molar-refractivity contribution >= 4 is 17.7 Å². The van der Waals surface area contributed by atoms with Gasteiger partial charge in [0, 0.05) is 38.9 Å². The number of pyridine rings is 1. The molecule has 124 valence electrons. The number of carbonyl (C=O) groups is 2. The third-order valence-corrected chi connectivity index (χ3v) is 4.56. The van der Waals surface area contributed by atoms with Gasteiger partial charge in [0.05, 0.1) is 6.54 Å². The molecule has 1 amide bonds. The van der Waals surface area contributed by atoms with E-state index in [1.54, 1.807) is 6.20 Å². The van der Waals surface area contributed by atoms with Crippen LogP contribution in [0.1, 0.15) is 12.8 Å². The van der Waals surface area contributed by atoms with Crippen molar-refractivity contribution in [1.82, 2.24) is 14.8 Å². The number of likely N-dealkylation sites (tertiary alicyclic amines) is 1. The number of nitrogens with zero attached hydrogens (tertiary/aromatic N) is 4. The van der Waals surface area contributed by atoms with E-state index in [2.05, 4.69) is 14.8 Å². The van der Waals surface area contributed by atoms with E-state index in [4.69, 9.17) is 0 Å². The summed E-state index contributed by atoms with van der Waals surface area (Å²) in [5.41, 5.74) is 0. The Kier molecular flexibility index (Phi) is 4.76. The predicted octanol–water partition coefficient (Wildman–Crippen LogP) is 0.279. The number of amides is 1. The number of hydrogen-bond donors (Lipinski definition) is 1. The van der Waals surface area contributed by atoms with Crippen molar-refractivity contribution in [3.05, 3.63) is 24.4 Å². The Labute approximate surface area is 135 Å². The molecule has 3 heterocycles. The lowest BCUT2D eigenvalue weighted by molar-refractivity contribution is -0.148. The van der Waals surface area contributed by atoms with Crippen molar-refractivity contribution in [3.8, 4) is 0 Å². The maximum absolute atomic E-state index is 12.4. The number of carboxylic acids is 1. The van der Waals surface area contributed by atoms with Crippen molar-refractivity contribution in [2.45, 2.75) is 18.9 Å². The van der Waals surface area contributed by atoms with E-state index in [0.29, 0.717) is 19.5 Å². The van der Waals surface area contributed by atoms with Crippen LogP contribution < -0.4 is 4.90 Å². The maximum atomic E-state index is 12.4. The highest BCUT2D eigenvalue weighted by molar-refractivity contribution is 5.85. The Morgan fingerprint density at radius 3 is 2.61 bits per heavy atom. The molecule has 0 spiro atoms. The van der Waals surface area contributed by atoms with Crippen molar-refractivity contribution in [2.24, 2.45) is 0 Å². The first-order valence-electron chi connectivity index (χ1n) is 8.06. The van der Waals surface area contributed by atoms with Gasteiger partial charge in [-0.05, 0) is 25.0 Å². The van der Waals surface area contributed by atoms with Crippen LogP contribution in [0.2, 0.25) is 0 Å². The van der Waals surface area contributed by atoms with Gasteiger partial charge < -0.3 is 14.9 Å². The summed E-state index contributed by atoms with van der Waals surface area (Å²) in [6.07, 6.45) is 3.12. The lowest BCUT2D eigenvalue weighted by atomic mass is 10.2. The highest BCUT2D eigenvalue weighted by Gasteiger charge is 2.34. The summed E-state index contributed by atoms with van der Waals surface area (Å²) in [6.45, 7) is 4.09. The predicted molar refractivity (Wildman–Crippen MR) is 85.3 cm³/mol. The molecule has 1 aromatic heterocycles. The molecule has 2 fully saturated rings. The minimum Gasteiger partial charge on any atom is -0.480 e. The van der Waals surface area contributed by atoms with Crippen LogP contribution in [0.5, 0.6) is 0 Å². The van der Waals surface area contributed by atoms with Crippen LogP contribution in [0.3, 0.4) is 0 Å². The largest absolute Gasteiger partial charge is 0.480 e. The molecule has 1 N–H and O–H groups in total. The Morgan fingerprint density at radius 1 is 1.17 bits per heavy atom. The van der Waals surface area contributed by atoms with Gasteiger partial charge in [0.15, 0.2) is 0 Å². The summed E-state index contributed by atoms with van der Waals surface area (Å²) in [5.74, 6) is 0.000896. The van der Waals surface area contributed by atoms with E-state index in [-0.39, 0.29) is 5.91 Å². The van der Waals surface area contributed by atoms with Gasteiger partial charge in [-0.2, -0.15) is 0 Å². The molecule has 7 heteroatoms. The van der Waals surface area contributed by atoms with Crippen LogP contribution in [0.4, 0.5) is 5.82 Å². The fraction of sp³-hybridized carbons (Fsp3) is 0.562. The molecule has 3 rings (SSSR count). The van der Waals surface area contributed by atoms with Crippen molar-refractivity contribution < 1.29 is 14.7 Å². The summed E-state index contributed by atoms with van der Waals surface area (Å²) in [4.78, 5) is 33.7. The summed E-state index contributed by atoms with van der Waals surface area (Å²) in [6, 6.07) is 5.21. The van der Waals surface area contributed by atoms with E-state index in [1.165, 1.54) is 4.90 Å². The monoisotopic (exact) mass is 318 g/mol. The van der Waals surface area contributed by atoms with E-state index < -0.39 is 12.0 Å². The SMILES string of the molecule is O=C(O)[C@H]1CCCN1C(=O)CN1CCN(c2ccccn2)CC1. The second kappa shape index (κ2) is 6.95. The average Bonchev–Trinajstić information content (AvgIpc) is 3.06. The number of carbonyl (C=O) groups excluding carboxylic acids is 1. The van der Waals surface area contributed by atoms with Crippen molar-refractivity contribution in [3.63, 3.8) is 0 Å². The number of aliphatic carboxylic acids is 1. The number of hydrogen-bond acceptors (Lipinski definition) is 5. The second-order valence-electron chi connectivity index (χ2n) is 6.03. The van der Waals surface area contributed by atoms with Gasteiger partial charge in [-0.1, -0.05) is 6.07 Å². The Balaban J connectivity index is 1.51. The zero-order chi connectivity index (χ0) is 16.2. The van der Waals surface area contributed by atoms with Gasteiger partial charge in [0.2, 0.25) is 5.91 Å². The Hall–Kier alpha value is -2.15. The topological polar surface area (TPSA) is 77.0 Å². The number of piperazine rings is 1.